The van der Waals surface area contributed by atoms with Crippen LogP contribution in [0, 0.1) is 0 Å². The highest BCUT2D eigenvalue weighted by Crippen LogP contribution is 2.36. The first-order valence-corrected chi connectivity index (χ1v) is 11.0. The van der Waals surface area contributed by atoms with E-state index >= 15 is 0 Å². The van der Waals surface area contributed by atoms with E-state index in [1.807, 2.05) is 19.1 Å². The first kappa shape index (κ1) is 18.2. The maximum Gasteiger partial charge on any atom is 0.214 e. The van der Waals surface area contributed by atoms with Crippen LogP contribution in [0.1, 0.15) is 19.8 Å². The summed E-state index contributed by atoms with van der Waals surface area (Å²) in [5.74, 6) is 2.43. The summed E-state index contributed by atoms with van der Waals surface area (Å²) in [6, 6.07) is 3.80. The fraction of sp³-hybridized carbons (Fsp3) is 0.556. The molecule has 0 saturated carbocycles. The van der Waals surface area contributed by atoms with Crippen LogP contribution in [0.3, 0.4) is 0 Å². The Morgan fingerprint density at radius 2 is 1.74 bits per heavy atom. The molecule has 3 heterocycles. The van der Waals surface area contributed by atoms with Gasteiger partial charge in [-0.05, 0) is 12.5 Å². The van der Waals surface area contributed by atoms with E-state index in [1.54, 1.807) is 4.31 Å². The van der Waals surface area contributed by atoms with Gasteiger partial charge in [-0.2, -0.15) is 4.31 Å². The number of unbranched alkanes of at least 4 members (excludes halogenated alkanes) is 1. The summed E-state index contributed by atoms with van der Waals surface area (Å²) in [6.45, 7) is 5.21. The average molecular weight is 392 g/mol. The van der Waals surface area contributed by atoms with Gasteiger partial charge in [0.05, 0.1) is 11.3 Å². The summed E-state index contributed by atoms with van der Waals surface area (Å²) in [5.41, 5.74) is 0.794. The number of anilines is 1. The summed E-state index contributed by atoms with van der Waals surface area (Å²) in [7, 11) is -3.17. The molecule has 1 aromatic heterocycles. The zero-order chi connectivity index (χ0) is 18.9. The van der Waals surface area contributed by atoms with Gasteiger partial charge in [-0.25, -0.2) is 18.4 Å². The minimum atomic E-state index is -3.17. The van der Waals surface area contributed by atoms with Crippen LogP contribution in [0.4, 0.5) is 5.82 Å². The Bertz CT molecular complexity index is 926. The fourth-order valence-corrected chi connectivity index (χ4v) is 5.10. The van der Waals surface area contributed by atoms with Crippen molar-refractivity contribution in [2.45, 2.75) is 19.8 Å². The number of sulfonamides is 1. The van der Waals surface area contributed by atoms with Crippen molar-refractivity contribution in [1.29, 1.82) is 0 Å². The van der Waals surface area contributed by atoms with Crippen LogP contribution in [0.15, 0.2) is 18.5 Å². The highest BCUT2D eigenvalue weighted by Gasteiger charge is 2.28. The van der Waals surface area contributed by atoms with Gasteiger partial charge in [-0.3, -0.25) is 0 Å². The minimum absolute atomic E-state index is 0.226. The van der Waals surface area contributed by atoms with E-state index in [9.17, 15) is 8.42 Å². The molecule has 4 rings (SSSR count). The predicted molar refractivity (Wildman–Crippen MR) is 103 cm³/mol. The van der Waals surface area contributed by atoms with E-state index in [2.05, 4.69) is 14.9 Å². The summed E-state index contributed by atoms with van der Waals surface area (Å²) in [4.78, 5) is 10.9. The van der Waals surface area contributed by atoms with Crippen LogP contribution in [-0.2, 0) is 10.0 Å². The molecule has 2 aliphatic rings. The number of aromatic nitrogens is 2. The number of piperazine rings is 1. The molecule has 2 aromatic rings. The summed E-state index contributed by atoms with van der Waals surface area (Å²) >= 11 is 0. The van der Waals surface area contributed by atoms with Crippen LogP contribution in [0.5, 0.6) is 11.5 Å². The van der Waals surface area contributed by atoms with Crippen molar-refractivity contribution < 1.29 is 17.9 Å². The third-order valence-electron chi connectivity index (χ3n) is 4.97. The summed E-state index contributed by atoms with van der Waals surface area (Å²) in [6.07, 6.45) is 3.12. The molecule has 1 fully saturated rings. The van der Waals surface area contributed by atoms with Crippen LogP contribution in [0.25, 0.3) is 10.9 Å². The smallest absolute Gasteiger partial charge is 0.214 e. The van der Waals surface area contributed by atoms with Crippen molar-refractivity contribution in [3.63, 3.8) is 0 Å². The van der Waals surface area contributed by atoms with Gasteiger partial charge < -0.3 is 14.4 Å². The predicted octanol–water partition coefficient (Wildman–Crippen LogP) is 1.65. The second kappa shape index (κ2) is 7.47. The summed E-state index contributed by atoms with van der Waals surface area (Å²) < 4.78 is 37.7. The van der Waals surface area contributed by atoms with Gasteiger partial charge in [0, 0.05) is 37.6 Å². The zero-order valence-corrected chi connectivity index (χ0v) is 16.2. The van der Waals surface area contributed by atoms with Crippen molar-refractivity contribution in [3.05, 3.63) is 18.5 Å². The molecule has 27 heavy (non-hydrogen) atoms. The molecule has 0 aliphatic carbocycles. The second-order valence-corrected chi connectivity index (χ2v) is 8.85. The van der Waals surface area contributed by atoms with Crippen LogP contribution in [-0.4, -0.2) is 67.8 Å². The molecule has 0 spiro atoms. The lowest BCUT2D eigenvalue weighted by molar-refractivity contribution is 0.172. The zero-order valence-electron chi connectivity index (χ0n) is 15.4. The van der Waals surface area contributed by atoms with E-state index in [1.165, 1.54) is 6.33 Å². The number of rotatable bonds is 5. The Labute approximate surface area is 159 Å². The topological polar surface area (TPSA) is 84.9 Å². The quantitative estimate of drug-likeness (QED) is 0.765. The number of fused-ring (bicyclic) bond motifs is 2. The first-order valence-electron chi connectivity index (χ1n) is 9.35. The van der Waals surface area contributed by atoms with Crippen molar-refractivity contribution in [2.24, 2.45) is 0 Å². The van der Waals surface area contributed by atoms with Gasteiger partial charge >= 0.3 is 0 Å². The van der Waals surface area contributed by atoms with Gasteiger partial charge in [-0.1, -0.05) is 13.3 Å². The molecule has 0 amide bonds. The number of hydrogen-bond acceptors (Lipinski definition) is 7. The summed E-state index contributed by atoms with van der Waals surface area (Å²) in [5, 5.41) is 0.893. The third kappa shape index (κ3) is 3.66. The lowest BCUT2D eigenvalue weighted by atomic mass is 10.2. The highest BCUT2D eigenvalue weighted by molar-refractivity contribution is 7.89. The van der Waals surface area contributed by atoms with Gasteiger partial charge in [0.1, 0.15) is 25.4 Å². The van der Waals surface area contributed by atoms with E-state index < -0.39 is 10.0 Å². The SMILES string of the molecule is CCCCS(=O)(=O)N1CCN(c2ncnc3cc4c(cc23)OCCO4)CC1. The average Bonchev–Trinajstić information content (AvgIpc) is 2.70. The lowest BCUT2D eigenvalue weighted by Crippen LogP contribution is -2.49. The minimum Gasteiger partial charge on any atom is -0.486 e. The molecule has 9 heteroatoms. The molecule has 0 unspecified atom stereocenters. The Morgan fingerprint density at radius 1 is 1.04 bits per heavy atom. The molecule has 146 valence electrons. The largest absolute Gasteiger partial charge is 0.486 e. The van der Waals surface area contributed by atoms with Crippen molar-refractivity contribution >= 4 is 26.7 Å². The van der Waals surface area contributed by atoms with Crippen molar-refractivity contribution in [2.75, 3.05) is 50.0 Å². The van der Waals surface area contributed by atoms with E-state index in [0.29, 0.717) is 57.3 Å². The van der Waals surface area contributed by atoms with Crippen molar-refractivity contribution in [1.82, 2.24) is 14.3 Å². The Morgan fingerprint density at radius 3 is 2.44 bits per heavy atom. The first-order chi connectivity index (χ1) is 13.1. The molecule has 1 saturated heterocycles. The second-order valence-electron chi connectivity index (χ2n) is 6.77. The van der Waals surface area contributed by atoms with Crippen LogP contribution in [0.2, 0.25) is 0 Å². The van der Waals surface area contributed by atoms with E-state index in [0.717, 1.165) is 23.1 Å². The normalized spacial score (nSPS) is 18.0. The van der Waals surface area contributed by atoms with Gasteiger partial charge in [-0.15, -0.1) is 0 Å². The lowest BCUT2D eigenvalue weighted by Gasteiger charge is -2.35. The number of benzene rings is 1. The molecule has 8 nitrogen and oxygen atoms in total. The van der Waals surface area contributed by atoms with E-state index in [-0.39, 0.29) is 5.75 Å². The van der Waals surface area contributed by atoms with Gasteiger partial charge in [0.15, 0.2) is 11.5 Å². The molecule has 2 aliphatic heterocycles. The molecule has 0 radical (unpaired) electrons. The number of hydrogen-bond donors (Lipinski definition) is 0. The fourth-order valence-electron chi connectivity index (χ4n) is 3.47. The van der Waals surface area contributed by atoms with Gasteiger partial charge in [0.2, 0.25) is 10.0 Å². The van der Waals surface area contributed by atoms with Crippen LogP contribution >= 0.6 is 0 Å². The molecule has 0 N–H and O–H groups in total. The highest BCUT2D eigenvalue weighted by atomic mass is 32.2. The van der Waals surface area contributed by atoms with E-state index in [4.69, 9.17) is 9.47 Å². The standard InChI is InChI=1S/C18H24N4O4S/c1-2-3-10-27(23,24)22-6-4-21(5-7-22)18-14-11-16-17(26-9-8-25-16)12-15(14)19-13-20-18/h11-13H,2-10H2,1H3. The van der Waals surface area contributed by atoms with Gasteiger partial charge in [0.25, 0.3) is 0 Å². The molecule has 0 atom stereocenters. The monoisotopic (exact) mass is 392 g/mol. The Balaban J connectivity index is 1.55. The molecule has 0 bridgehead atoms. The molecule has 1 aromatic carbocycles. The third-order valence-corrected chi connectivity index (χ3v) is 6.92. The Hall–Kier alpha value is -2.13. The van der Waals surface area contributed by atoms with Crippen molar-refractivity contribution in [3.8, 4) is 11.5 Å². The number of ether oxygens (including phenoxy) is 2. The molecular weight excluding hydrogens is 368 g/mol. The van der Waals surface area contributed by atoms with Crippen LogP contribution < -0.4 is 14.4 Å². The maximum atomic E-state index is 12.4. The number of nitrogens with zero attached hydrogens (tertiary/aromatic N) is 4. The molecular formula is C18H24N4O4S. The Kier molecular flexibility index (Phi) is 5.05. The maximum absolute atomic E-state index is 12.4.